The molecule has 0 spiro atoms. The average molecular weight is 398 g/mol. The summed E-state index contributed by atoms with van der Waals surface area (Å²) in [6.45, 7) is 9.13. The van der Waals surface area contributed by atoms with Crippen LogP contribution in [0.2, 0.25) is 0 Å². The van der Waals surface area contributed by atoms with Crippen molar-refractivity contribution in [2.45, 2.75) is 64.0 Å². The number of aromatic nitrogens is 4. The Kier molecular flexibility index (Phi) is 4.89. The van der Waals surface area contributed by atoms with Crippen LogP contribution in [0.4, 0.5) is 5.82 Å². The highest BCUT2D eigenvalue weighted by Gasteiger charge is 2.39. The fourth-order valence-electron chi connectivity index (χ4n) is 5.17. The number of hydrogen-bond acceptors (Lipinski definition) is 6. The summed E-state index contributed by atoms with van der Waals surface area (Å²) < 4.78 is 1.95. The first kappa shape index (κ1) is 18.8. The molecule has 5 rings (SSSR count). The number of hydrogen-bond donors (Lipinski definition) is 0. The van der Waals surface area contributed by atoms with Crippen LogP contribution >= 0.6 is 0 Å². The van der Waals surface area contributed by atoms with Crippen molar-refractivity contribution in [2.75, 3.05) is 37.6 Å². The van der Waals surface area contributed by atoms with E-state index in [1.165, 1.54) is 12.8 Å². The van der Waals surface area contributed by atoms with Gasteiger partial charge in [0.15, 0.2) is 11.5 Å². The molecule has 3 aliphatic heterocycles. The van der Waals surface area contributed by atoms with Crippen molar-refractivity contribution in [2.24, 2.45) is 0 Å². The van der Waals surface area contributed by atoms with Crippen LogP contribution in [0.15, 0.2) is 12.1 Å². The molecule has 3 saturated heterocycles. The van der Waals surface area contributed by atoms with Gasteiger partial charge < -0.3 is 9.80 Å². The van der Waals surface area contributed by atoms with E-state index in [9.17, 15) is 4.79 Å². The SMILES string of the molecule is CC(C)N1CCC(N2CCC(c3nnc4ccc(N5CCCC5)nn34)CC2)C1=O. The minimum Gasteiger partial charge on any atom is -0.355 e. The second-order valence-corrected chi connectivity index (χ2v) is 8.95. The van der Waals surface area contributed by atoms with Crippen LogP contribution in [-0.2, 0) is 4.79 Å². The fourth-order valence-corrected chi connectivity index (χ4v) is 5.17. The molecular formula is C21H31N7O. The zero-order chi connectivity index (χ0) is 20.0. The normalized spacial score (nSPS) is 24.5. The average Bonchev–Trinajstić information content (AvgIpc) is 3.47. The second-order valence-electron chi connectivity index (χ2n) is 8.95. The number of nitrogens with zero attached hydrogens (tertiary/aromatic N) is 7. The number of piperidine rings is 1. The summed E-state index contributed by atoms with van der Waals surface area (Å²) in [5.74, 6) is 2.66. The molecule has 0 N–H and O–H groups in total. The maximum atomic E-state index is 12.7. The number of carbonyl (C=O) groups excluding carboxylic acids is 1. The molecule has 0 saturated carbocycles. The fraction of sp³-hybridized carbons (Fsp3) is 0.714. The van der Waals surface area contributed by atoms with E-state index in [-0.39, 0.29) is 6.04 Å². The number of likely N-dealkylation sites (tertiary alicyclic amines) is 2. The topological polar surface area (TPSA) is 69.9 Å². The minimum absolute atomic E-state index is 0.0633. The van der Waals surface area contributed by atoms with Gasteiger partial charge in [-0.25, -0.2) is 0 Å². The lowest BCUT2D eigenvalue weighted by atomic mass is 9.94. The number of amides is 1. The van der Waals surface area contributed by atoms with Gasteiger partial charge in [-0.3, -0.25) is 9.69 Å². The smallest absolute Gasteiger partial charge is 0.240 e. The molecule has 2 aromatic rings. The molecule has 3 aliphatic rings. The number of carbonyl (C=O) groups is 1. The molecule has 1 atom stereocenters. The molecule has 8 nitrogen and oxygen atoms in total. The molecule has 0 aliphatic carbocycles. The number of rotatable bonds is 4. The van der Waals surface area contributed by atoms with Crippen LogP contribution in [0.5, 0.6) is 0 Å². The third-order valence-corrected chi connectivity index (χ3v) is 6.87. The summed E-state index contributed by atoms with van der Waals surface area (Å²) in [6.07, 6.45) is 5.43. The Labute approximate surface area is 171 Å². The van der Waals surface area contributed by atoms with Gasteiger partial charge in [-0.15, -0.1) is 15.3 Å². The Hall–Kier alpha value is -2.22. The van der Waals surface area contributed by atoms with Gasteiger partial charge in [0.1, 0.15) is 5.82 Å². The molecule has 0 aromatic carbocycles. The van der Waals surface area contributed by atoms with Gasteiger partial charge in [0.25, 0.3) is 0 Å². The highest BCUT2D eigenvalue weighted by Crippen LogP contribution is 2.31. The lowest BCUT2D eigenvalue weighted by Gasteiger charge is -2.34. The van der Waals surface area contributed by atoms with Crippen LogP contribution in [0.25, 0.3) is 5.65 Å². The van der Waals surface area contributed by atoms with Crippen molar-refractivity contribution in [1.82, 2.24) is 29.6 Å². The first-order valence-corrected chi connectivity index (χ1v) is 11.1. The van der Waals surface area contributed by atoms with Crippen molar-refractivity contribution in [3.63, 3.8) is 0 Å². The van der Waals surface area contributed by atoms with Gasteiger partial charge in [-0.1, -0.05) is 0 Å². The Morgan fingerprint density at radius 1 is 0.966 bits per heavy atom. The predicted octanol–water partition coefficient (Wildman–Crippen LogP) is 1.91. The van der Waals surface area contributed by atoms with E-state index in [1.54, 1.807) is 0 Å². The predicted molar refractivity (Wildman–Crippen MR) is 111 cm³/mol. The molecule has 156 valence electrons. The first-order valence-electron chi connectivity index (χ1n) is 11.1. The van der Waals surface area contributed by atoms with Gasteiger partial charge in [-0.2, -0.15) is 4.52 Å². The zero-order valence-corrected chi connectivity index (χ0v) is 17.5. The van der Waals surface area contributed by atoms with Crippen LogP contribution in [0.1, 0.15) is 57.7 Å². The highest BCUT2D eigenvalue weighted by atomic mass is 16.2. The quantitative estimate of drug-likeness (QED) is 0.785. The molecule has 1 amide bonds. The van der Waals surface area contributed by atoms with Crippen molar-refractivity contribution in [3.05, 3.63) is 18.0 Å². The minimum atomic E-state index is 0.0633. The molecule has 5 heterocycles. The molecule has 3 fully saturated rings. The third kappa shape index (κ3) is 3.37. The van der Waals surface area contributed by atoms with Gasteiger partial charge in [0, 0.05) is 31.6 Å². The Morgan fingerprint density at radius 2 is 1.72 bits per heavy atom. The van der Waals surface area contributed by atoms with Gasteiger partial charge in [-0.05, 0) is 71.2 Å². The summed E-state index contributed by atoms with van der Waals surface area (Å²) in [7, 11) is 0. The van der Waals surface area contributed by atoms with Crippen molar-refractivity contribution >= 4 is 17.4 Å². The number of anilines is 1. The van der Waals surface area contributed by atoms with E-state index in [2.05, 4.69) is 39.9 Å². The van der Waals surface area contributed by atoms with E-state index < -0.39 is 0 Å². The summed E-state index contributed by atoms with van der Waals surface area (Å²) in [4.78, 5) is 19.5. The maximum absolute atomic E-state index is 12.7. The van der Waals surface area contributed by atoms with E-state index in [0.717, 1.165) is 69.3 Å². The van der Waals surface area contributed by atoms with Crippen molar-refractivity contribution in [1.29, 1.82) is 0 Å². The van der Waals surface area contributed by atoms with Crippen LogP contribution < -0.4 is 4.90 Å². The Bertz CT molecular complexity index is 880. The Balaban J connectivity index is 1.29. The summed E-state index contributed by atoms with van der Waals surface area (Å²) in [5.41, 5.74) is 0.823. The summed E-state index contributed by atoms with van der Waals surface area (Å²) >= 11 is 0. The molecule has 8 heteroatoms. The standard InChI is InChI=1S/C21H31N7O/c1-15(2)27-14-9-17(21(27)29)25-12-7-16(8-13-25)20-23-22-18-5-6-19(24-28(18)20)26-10-3-4-11-26/h5-6,15-17H,3-4,7-14H2,1-2H3. The second kappa shape index (κ2) is 7.55. The van der Waals surface area contributed by atoms with E-state index in [4.69, 9.17) is 5.10 Å². The molecule has 29 heavy (non-hydrogen) atoms. The highest BCUT2D eigenvalue weighted by molar-refractivity contribution is 5.84. The van der Waals surface area contributed by atoms with Crippen molar-refractivity contribution < 1.29 is 4.79 Å². The molecule has 0 radical (unpaired) electrons. The molecule has 1 unspecified atom stereocenters. The molecule has 0 bridgehead atoms. The lowest BCUT2D eigenvalue weighted by molar-refractivity contribution is -0.133. The van der Waals surface area contributed by atoms with Gasteiger partial charge in [0.05, 0.1) is 6.04 Å². The largest absolute Gasteiger partial charge is 0.355 e. The van der Waals surface area contributed by atoms with E-state index in [1.807, 2.05) is 15.5 Å². The summed E-state index contributed by atoms with van der Waals surface area (Å²) in [6, 6.07) is 4.45. The maximum Gasteiger partial charge on any atom is 0.240 e. The van der Waals surface area contributed by atoms with Crippen LogP contribution in [0, 0.1) is 0 Å². The monoisotopic (exact) mass is 397 g/mol. The van der Waals surface area contributed by atoms with Crippen molar-refractivity contribution in [3.8, 4) is 0 Å². The van der Waals surface area contributed by atoms with Gasteiger partial charge in [0.2, 0.25) is 5.91 Å². The van der Waals surface area contributed by atoms with Gasteiger partial charge >= 0.3 is 0 Å². The van der Waals surface area contributed by atoms with Crippen LogP contribution in [0.3, 0.4) is 0 Å². The lowest BCUT2D eigenvalue weighted by Crippen LogP contribution is -2.46. The molecule has 2 aromatic heterocycles. The van der Waals surface area contributed by atoms with Crippen LogP contribution in [-0.4, -0.2) is 80.3 Å². The zero-order valence-electron chi connectivity index (χ0n) is 17.5. The Morgan fingerprint density at radius 3 is 2.41 bits per heavy atom. The third-order valence-electron chi connectivity index (χ3n) is 6.87. The van der Waals surface area contributed by atoms with E-state index in [0.29, 0.717) is 17.9 Å². The summed E-state index contributed by atoms with van der Waals surface area (Å²) in [5, 5.41) is 13.7. The van der Waals surface area contributed by atoms with E-state index >= 15 is 0 Å². The first-order chi connectivity index (χ1) is 14.1. The molecular weight excluding hydrogens is 366 g/mol. The number of fused-ring (bicyclic) bond motifs is 1.